The summed E-state index contributed by atoms with van der Waals surface area (Å²) in [6, 6.07) is -0.622. The summed E-state index contributed by atoms with van der Waals surface area (Å²) in [6.07, 6.45) is 0.332. The van der Waals surface area contributed by atoms with E-state index in [4.69, 9.17) is 0 Å². The molecular formula is C8H15NO6S3. The number of hydrogen-bond donors (Lipinski definition) is 1. The standard InChI is InChI=1S/C8H15NO6S3/c10-16(11)3-1-7(5-16)9-18(14,15)8-2-4-17(12,13)6-8/h7-9H,1-6H2/t7-,8-/m0/s1. The van der Waals surface area contributed by atoms with Gasteiger partial charge in [-0.05, 0) is 12.8 Å². The third kappa shape index (κ3) is 3.22. The summed E-state index contributed by atoms with van der Waals surface area (Å²) in [7, 11) is -10.2. The van der Waals surface area contributed by atoms with E-state index in [9.17, 15) is 25.3 Å². The van der Waals surface area contributed by atoms with Gasteiger partial charge in [0.15, 0.2) is 19.7 Å². The van der Waals surface area contributed by atoms with Crippen molar-refractivity contribution in [3.63, 3.8) is 0 Å². The zero-order valence-electron chi connectivity index (χ0n) is 9.57. The van der Waals surface area contributed by atoms with Gasteiger partial charge in [0.25, 0.3) is 0 Å². The molecule has 7 nitrogen and oxygen atoms in total. The van der Waals surface area contributed by atoms with Gasteiger partial charge in [-0.3, -0.25) is 0 Å². The highest BCUT2D eigenvalue weighted by molar-refractivity contribution is 7.95. The summed E-state index contributed by atoms with van der Waals surface area (Å²) >= 11 is 0. The van der Waals surface area contributed by atoms with Crippen LogP contribution in [0, 0.1) is 0 Å². The Labute approximate surface area is 107 Å². The minimum Gasteiger partial charge on any atom is -0.229 e. The molecule has 1 N–H and O–H groups in total. The lowest BCUT2D eigenvalue weighted by molar-refractivity contribution is 0.550. The van der Waals surface area contributed by atoms with Crippen molar-refractivity contribution < 1.29 is 25.3 Å². The summed E-state index contributed by atoms with van der Waals surface area (Å²) < 4.78 is 71.1. The number of hydrogen-bond acceptors (Lipinski definition) is 6. The van der Waals surface area contributed by atoms with Gasteiger partial charge < -0.3 is 0 Å². The molecule has 2 aliphatic heterocycles. The molecule has 0 unspecified atom stereocenters. The summed E-state index contributed by atoms with van der Waals surface area (Å²) in [5.41, 5.74) is 0. The first-order valence-electron chi connectivity index (χ1n) is 5.52. The van der Waals surface area contributed by atoms with Crippen LogP contribution >= 0.6 is 0 Å². The first kappa shape index (κ1) is 14.2. The molecule has 0 amide bonds. The van der Waals surface area contributed by atoms with Gasteiger partial charge in [0.2, 0.25) is 10.0 Å². The maximum Gasteiger partial charge on any atom is 0.215 e. The van der Waals surface area contributed by atoms with Crippen molar-refractivity contribution in [2.24, 2.45) is 0 Å². The van der Waals surface area contributed by atoms with E-state index in [1.807, 2.05) is 0 Å². The maximum absolute atomic E-state index is 11.9. The lowest BCUT2D eigenvalue weighted by Gasteiger charge is -2.15. The van der Waals surface area contributed by atoms with E-state index in [0.29, 0.717) is 0 Å². The third-order valence-electron chi connectivity index (χ3n) is 3.19. The van der Waals surface area contributed by atoms with Gasteiger partial charge in [-0.1, -0.05) is 0 Å². The van der Waals surface area contributed by atoms with Gasteiger partial charge in [0.1, 0.15) is 0 Å². The highest BCUT2D eigenvalue weighted by Gasteiger charge is 2.39. The number of sulfone groups is 2. The van der Waals surface area contributed by atoms with Gasteiger partial charge in [0, 0.05) is 6.04 Å². The molecule has 0 saturated carbocycles. The zero-order chi connectivity index (χ0) is 13.6. The van der Waals surface area contributed by atoms with E-state index >= 15 is 0 Å². The Morgan fingerprint density at radius 1 is 0.889 bits per heavy atom. The fourth-order valence-electron chi connectivity index (χ4n) is 2.22. The second kappa shape index (κ2) is 4.43. The number of rotatable bonds is 3. The highest BCUT2D eigenvalue weighted by Crippen LogP contribution is 2.20. The molecular weight excluding hydrogens is 302 g/mol. The van der Waals surface area contributed by atoms with Gasteiger partial charge in [-0.15, -0.1) is 0 Å². The molecule has 2 rings (SSSR count). The van der Waals surface area contributed by atoms with Crippen molar-refractivity contribution >= 4 is 29.7 Å². The molecule has 106 valence electrons. The predicted molar refractivity (Wildman–Crippen MR) is 66.2 cm³/mol. The van der Waals surface area contributed by atoms with Crippen LogP contribution in [0.4, 0.5) is 0 Å². The van der Waals surface area contributed by atoms with E-state index in [1.54, 1.807) is 0 Å². The topological polar surface area (TPSA) is 114 Å². The second-order valence-corrected chi connectivity index (χ2v) is 11.2. The fourth-order valence-corrected chi connectivity index (χ4v) is 8.32. The summed E-state index contributed by atoms with van der Waals surface area (Å²) in [6.45, 7) is 0. The highest BCUT2D eigenvalue weighted by atomic mass is 32.2. The number of nitrogens with one attached hydrogen (secondary N) is 1. The van der Waals surface area contributed by atoms with Crippen LogP contribution in [-0.4, -0.2) is 59.6 Å². The van der Waals surface area contributed by atoms with E-state index in [1.165, 1.54) is 0 Å². The fraction of sp³-hybridized carbons (Fsp3) is 1.00. The Hall–Kier alpha value is -0.190. The molecule has 0 bridgehead atoms. The van der Waals surface area contributed by atoms with Crippen molar-refractivity contribution in [1.29, 1.82) is 0 Å². The molecule has 2 saturated heterocycles. The van der Waals surface area contributed by atoms with Gasteiger partial charge in [-0.2, -0.15) is 0 Å². The van der Waals surface area contributed by atoms with Crippen molar-refractivity contribution in [3.05, 3.63) is 0 Å². The van der Waals surface area contributed by atoms with Crippen LogP contribution in [0.15, 0.2) is 0 Å². The van der Waals surface area contributed by atoms with E-state index < -0.39 is 41.0 Å². The summed E-state index contributed by atoms with van der Waals surface area (Å²) in [5.74, 6) is -0.724. The van der Waals surface area contributed by atoms with E-state index in [2.05, 4.69) is 4.72 Å². The van der Waals surface area contributed by atoms with Crippen molar-refractivity contribution in [2.45, 2.75) is 24.1 Å². The second-order valence-electron chi connectivity index (χ2n) is 4.79. The number of sulfonamides is 1. The molecule has 2 aliphatic rings. The Balaban J connectivity index is 2.05. The van der Waals surface area contributed by atoms with Crippen LogP contribution < -0.4 is 4.72 Å². The minimum atomic E-state index is -3.76. The largest absolute Gasteiger partial charge is 0.229 e. The molecule has 2 fully saturated rings. The Kier molecular flexibility index (Phi) is 3.50. The van der Waals surface area contributed by atoms with Gasteiger partial charge in [0.05, 0.1) is 28.3 Å². The SMILES string of the molecule is O=S1(=O)CC[C@H](NS(=O)(=O)[C@H]2CCS(=O)(=O)C2)C1. The lowest BCUT2D eigenvalue weighted by Crippen LogP contribution is -2.42. The Morgan fingerprint density at radius 2 is 1.44 bits per heavy atom. The quantitative estimate of drug-likeness (QED) is 0.662. The van der Waals surface area contributed by atoms with E-state index in [-0.39, 0.29) is 35.9 Å². The van der Waals surface area contributed by atoms with Crippen LogP contribution in [0.5, 0.6) is 0 Å². The molecule has 2 atom stereocenters. The molecule has 0 radical (unpaired) electrons. The maximum atomic E-state index is 11.9. The molecule has 0 aromatic heterocycles. The lowest BCUT2D eigenvalue weighted by atomic mass is 10.3. The van der Waals surface area contributed by atoms with E-state index in [0.717, 1.165) is 0 Å². The normalized spacial score (nSPS) is 34.7. The molecule has 10 heteroatoms. The zero-order valence-corrected chi connectivity index (χ0v) is 12.0. The van der Waals surface area contributed by atoms with Crippen LogP contribution in [0.25, 0.3) is 0 Å². The van der Waals surface area contributed by atoms with Crippen LogP contribution in [0.1, 0.15) is 12.8 Å². The smallest absolute Gasteiger partial charge is 0.215 e. The summed E-state index contributed by atoms with van der Waals surface area (Å²) in [5, 5.41) is -0.953. The minimum absolute atomic E-state index is 0.0247. The van der Waals surface area contributed by atoms with Crippen molar-refractivity contribution in [1.82, 2.24) is 4.72 Å². The van der Waals surface area contributed by atoms with Crippen LogP contribution in [0.3, 0.4) is 0 Å². The Morgan fingerprint density at radius 3 is 1.89 bits per heavy atom. The molecule has 0 aromatic rings. The average Bonchev–Trinajstić information content (AvgIpc) is 2.69. The molecule has 0 aromatic carbocycles. The van der Waals surface area contributed by atoms with Crippen molar-refractivity contribution in [2.75, 3.05) is 23.0 Å². The van der Waals surface area contributed by atoms with Crippen LogP contribution in [0.2, 0.25) is 0 Å². The summed E-state index contributed by atoms with van der Waals surface area (Å²) in [4.78, 5) is 0. The molecule has 0 spiro atoms. The average molecular weight is 317 g/mol. The monoisotopic (exact) mass is 317 g/mol. The molecule has 0 aliphatic carbocycles. The Bertz CT molecular complexity index is 632. The first-order chi connectivity index (χ1) is 8.10. The predicted octanol–water partition coefficient (Wildman–Crippen LogP) is -1.72. The molecule has 2 heterocycles. The van der Waals surface area contributed by atoms with Crippen molar-refractivity contribution in [3.8, 4) is 0 Å². The van der Waals surface area contributed by atoms with Gasteiger partial charge >= 0.3 is 0 Å². The van der Waals surface area contributed by atoms with Gasteiger partial charge in [-0.25, -0.2) is 30.0 Å². The van der Waals surface area contributed by atoms with Crippen LogP contribution in [-0.2, 0) is 29.7 Å². The third-order valence-corrected chi connectivity index (χ3v) is 8.88. The first-order valence-corrected chi connectivity index (χ1v) is 10.7. The molecule has 18 heavy (non-hydrogen) atoms.